The van der Waals surface area contributed by atoms with E-state index in [0.29, 0.717) is 0 Å². The van der Waals surface area contributed by atoms with Crippen LogP contribution in [0, 0.1) is 10.1 Å². The molecule has 0 spiro atoms. The van der Waals surface area contributed by atoms with Crippen LogP contribution in [-0.4, -0.2) is 19.7 Å². The van der Waals surface area contributed by atoms with Crippen LogP contribution in [0.4, 0.5) is 11.4 Å². The number of hydrogen-bond donors (Lipinski definition) is 1. The summed E-state index contributed by atoms with van der Waals surface area (Å²) in [6, 6.07) is 14.4. The van der Waals surface area contributed by atoms with Crippen LogP contribution in [0.1, 0.15) is 18.5 Å². The molecule has 0 aliphatic carbocycles. The Labute approximate surface area is 132 Å². The zero-order valence-electron chi connectivity index (χ0n) is 12.5. The van der Waals surface area contributed by atoms with Gasteiger partial charge in [0, 0.05) is 23.9 Å². The van der Waals surface area contributed by atoms with Crippen molar-refractivity contribution in [1.82, 2.24) is 14.8 Å². The van der Waals surface area contributed by atoms with Gasteiger partial charge in [0.15, 0.2) is 0 Å². The standard InChI is InChI=1S/C16H15N5O2/c1-12(19-14-4-8-16(9-5-14)21(22)23)13-2-6-15(7-3-13)20-11-17-10-18-20/h2-12,19H,1H3. The number of anilines is 1. The minimum absolute atomic E-state index is 0.0706. The van der Waals surface area contributed by atoms with Crippen LogP contribution in [0.3, 0.4) is 0 Å². The average molecular weight is 309 g/mol. The smallest absolute Gasteiger partial charge is 0.269 e. The summed E-state index contributed by atoms with van der Waals surface area (Å²) < 4.78 is 1.69. The third-order valence-electron chi connectivity index (χ3n) is 3.54. The Bertz CT molecular complexity index is 782. The Balaban J connectivity index is 1.70. The molecule has 1 aromatic heterocycles. The van der Waals surface area contributed by atoms with Crippen molar-refractivity contribution >= 4 is 11.4 Å². The lowest BCUT2D eigenvalue weighted by Crippen LogP contribution is -2.07. The second-order valence-corrected chi connectivity index (χ2v) is 5.10. The highest BCUT2D eigenvalue weighted by Crippen LogP contribution is 2.22. The van der Waals surface area contributed by atoms with Crippen LogP contribution in [-0.2, 0) is 0 Å². The fourth-order valence-corrected chi connectivity index (χ4v) is 2.27. The molecule has 7 nitrogen and oxygen atoms in total. The van der Waals surface area contributed by atoms with Gasteiger partial charge in [-0.2, -0.15) is 5.10 Å². The molecule has 0 saturated heterocycles. The van der Waals surface area contributed by atoms with E-state index in [-0.39, 0.29) is 11.7 Å². The minimum atomic E-state index is -0.407. The number of aromatic nitrogens is 3. The first-order valence-electron chi connectivity index (χ1n) is 7.09. The zero-order valence-corrected chi connectivity index (χ0v) is 12.5. The molecule has 0 saturated carbocycles. The van der Waals surface area contributed by atoms with Crippen LogP contribution in [0.5, 0.6) is 0 Å². The van der Waals surface area contributed by atoms with E-state index in [1.54, 1.807) is 23.1 Å². The van der Waals surface area contributed by atoms with Gasteiger partial charge in [0.05, 0.1) is 10.6 Å². The maximum atomic E-state index is 10.7. The van der Waals surface area contributed by atoms with E-state index in [4.69, 9.17) is 0 Å². The minimum Gasteiger partial charge on any atom is -0.379 e. The van der Waals surface area contributed by atoms with E-state index in [0.717, 1.165) is 16.9 Å². The molecule has 1 N–H and O–H groups in total. The molecule has 116 valence electrons. The summed E-state index contributed by atoms with van der Waals surface area (Å²) in [5.74, 6) is 0. The molecule has 0 aliphatic rings. The summed E-state index contributed by atoms with van der Waals surface area (Å²) in [5, 5.41) is 18.1. The predicted molar refractivity (Wildman–Crippen MR) is 86.5 cm³/mol. The van der Waals surface area contributed by atoms with E-state index in [1.807, 2.05) is 31.2 Å². The third-order valence-corrected chi connectivity index (χ3v) is 3.54. The molecule has 3 aromatic rings. The molecule has 1 atom stereocenters. The maximum Gasteiger partial charge on any atom is 0.269 e. The molecule has 1 unspecified atom stereocenters. The Morgan fingerprint density at radius 1 is 1.13 bits per heavy atom. The second-order valence-electron chi connectivity index (χ2n) is 5.10. The highest BCUT2D eigenvalue weighted by molar-refractivity contribution is 5.50. The predicted octanol–water partition coefficient (Wildman–Crippen LogP) is 3.35. The highest BCUT2D eigenvalue weighted by Gasteiger charge is 2.08. The molecule has 7 heteroatoms. The average Bonchev–Trinajstić information content (AvgIpc) is 3.10. The largest absolute Gasteiger partial charge is 0.379 e. The molecule has 3 rings (SSSR count). The van der Waals surface area contributed by atoms with Crippen molar-refractivity contribution in [1.29, 1.82) is 0 Å². The normalized spacial score (nSPS) is 11.9. The van der Waals surface area contributed by atoms with Gasteiger partial charge in [-0.15, -0.1) is 0 Å². The van der Waals surface area contributed by atoms with Crippen molar-refractivity contribution in [3.8, 4) is 5.69 Å². The first kappa shape index (κ1) is 14.7. The van der Waals surface area contributed by atoms with Gasteiger partial charge in [0.1, 0.15) is 12.7 Å². The van der Waals surface area contributed by atoms with E-state index in [2.05, 4.69) is 15.4 Å². The van der Waals surface area contributed by atoms with Crippen molar-refractivity contribution in [2.75, 3.05) is 5.32 Å². The van der Waals surface area contributed by atoms with Crippen molar-refractivity contribution in [2.24, 2.45) is 0 Å². The summed E-state index contributed by atoms with van der Waals surface area (Å²) in [5.41, 5.74) is 2.96. The lowest BCUT2D eigenvalue weighted by atomic mass is 10.1. The topological polar surface area (TPSA) is 85.9 Å². The number of nitro benzene ring substituents is 1. The van der Waals surface area contributed by atoms with Crippen molar-refractivity contribution < 1.29 is 4.92 Å². The van der Waals surface area contributed by atoms with Crippen LogP contribution < -0.4 is 5.32 Å². The Morgan fingerprint density at radius 2 is 1.83 bits per heavy atom. The van der Waals surface area contributed by atoms with E-state index < -0.39 is 4.92 Å². The molecule has 0 fully saturated rings. The zero-order chi connectivity index (χ0) is 16.2. The van der Waals surface area contributed by atoms with Gasteiger partial charge in [0.25, 0.3) is 5.69 Å². The molecule has 1 heterocycles. The monoisotopic (exact) mass is 309 g/mol. The SMILES string of the molecule is CC(Nc1ccc([N+](=O)[O-])cc1)c1ccc(-n2cncn2)cc1. The van der Waals surface area contributed by atoms with Crippen molar-refractivity contribution in [3.05, 3.63) is 76.9 Å². The third kappa shape index (κ3) is 3.34. The van der Waals surface area contributed by atoms with Gasteiger partial charge in [-0.25, -0.2) is 9.67 Å². The Kier molecular flexibility index (Phi) is 4.01. The van der Waals surface area contributed by atoms with Gasteiger partial charge in [-0.1, -0.05) is 12.1 Å². The van der Waals surface area contributed by atoms with Crippen molar-refractivity contribution in [2.45, 2.75) is 13.0 Å². The first-order valence-corrected chi connectivity index (χ1v) is 7.09. The molecule has 0 aliphatic heterocycles. The molecule has 0 bridgehead atoms. The second kappa shape index (κ2) is 6.27. The van der Waals surface area contributed by atoms with Crippen molar-refractivity contribution in [3.63, 3.8) is 0 Å². The van der Waals surface area contributed by atoms with Gasteiger partial charge >= 0.3 is 0 Å². The van der Waals surface area contributed by atoms with E-state index in [9.17, 15) is 10.1 Å². The fourth-order valence-electron chi connectivity index (χ4n) is 2.27. The first-order chi connectivity index (χ1) is 11.1. The fraction of sp³-hybridized carbons (Fsp3) is 0.125. The molecule has 0 radical (unpaired) electrons. The summed E-state index contributed by atoms with van der Waals surface area (Å²) in [4.78, 5) is 14.2. The summed E-state index contributed by atoms with van der Waals surface area (Å²) >= 11 is 0. The molecule has 0 amide bonds. The summed E-state index contributed by atoms with van der Waals surface area (Å²) in [7, 11) is 0. The van der Waals surface area contributed by atoms with Crippen LogP contribution in [0.2, 0.25) is 0 Å². The quantitative estimate of drug-likeness (QED) is 0.577. The number of nitrogens with one attached hydrogen (secondary N) is 1. The number of benzene rings is 2. The number of rotatable bonds is 5. The van der Waals surface area contributed by atoms with Gasteiger partial charge < -0.3 is 5.32 Å². The number of nitro groups is 1. The Morgan fingerprint density at radius 3 is 2.39 bits per heavy atom. The molecular formula is C16H15N5O2. The number of non-ortho nitro benzene ring substituents is 1. The van der Waals surface area contributed by atoms with Gasteiger partial charge in [0.2, 0.25) is 0 Å². The van der Waals surface area contributed by atoms with Crippen LogP contribution in [0.15, 0.2) is 61.2 Å². The van der Waals surface area contributed by atoms with Crippen LogP contribution >= 0.6 is 0 Å². The van der Waals surface area contributed by atoms with E-state index in [1.165, 1.54) is 18.5 Å². The summed E-state index contributed by atoms with van der Waals surface area (Å²) in [6.07, 6.45) is 3.14. The Hall–Kier alpha value is -3.22. The van der Waals surface area contributed by atoms with Gasteiger partial charge in [-0.3, -0.25) is 10.1 Å². The lowest BCUT2D eigenvalue weighted by molar-refractivity contribution is -0.384. The molecule has 23 heavy (non-hydrogen) atoms. The number of nitrogens with zero attached hydrogens (tertiary/aromatic N) is 4. The van der Waals surface area contributed by atoms with Gasteiger partial charge in [-0.05, 0) is 36.8 Å². The molecule has 2 aromatic carbocycles. The summed E-state index contributed by atoms with van der Waals surface area (Å²) in [6.45, 7) is 2.03. The molecular weight excluding hydrogens is 294 g/mol. The van der Waals surface area contributed by atoms with Crippen LogP contribution in [0.25, 0.3) is 5.69 Å². The highest BCUT2D eigenvalue weighted by atomic mass is 16.6. The maximum absolute atomic E-state index is 10.7. The van der Waals surface area contributed by atoms with E-state index >= 15 is 0 Å². The lowest BCUT2D eigenvalue weighted by Gasteiger charge is -2.16. The number of hydrogen-bond acceptors (Lipinski definition) is 5.